The molecule has 3 saturated heterocycles. The summed E-state index contributed by atoms with van der Waals surface area (Å²) in [6.45, 7) is 7.30. The van der Waals surface area contributed by atoms with Crippen LogP contribution in [0.4, 0.5) is 17.1 Å². The third kappa shape index (κ3) is 4.62. The van der Waals surface area contributed by atoms with Crippen molar-refractivity contribution in [2.24, 2.45) is 11.8 Å². The van der Waals surface area contributed by atoms with Crippen molar-refractivity contribution in [1.82, 2.24) is 4.90 Å². The van der Waals surface area contributed by atoms with Crippen LogP contribution in [0.3, 0.4) is 0 Å². The van der Waals surface area contributed by atoms with Crippen molar-refractivity contribution >= 4 is 50.7 Å². The summed E-state index contributed by atoms with van der Waals surface area (Å²) in [5.41, 5.74) is 1.08. The number of nitrogens with one attached hydrogen (secondary N) is 2. The molecule has 3 fully saturated rings. The summed E-state index contributed by atoms with van der Waals surface area (Å²) in [6.07, 6.45) is -0.158. The summed E-state index contributed by atoms with van der Waals surface area (Å²) in [5, 5.41) is 15.9. The first-order valence-corrected chi connectivity index (χ1v) is 14.4. The van der Waals surface area contributed by atoms with Crippen LogP contribution in [-0.2, 0) is 19.1 Å². The van der Waals surface area contributed by atoms with E-state index in [4.69, 9.17) is 4.74 Å². The molecule has 3 aliphatic heterocycles. The van der Waals surface area contributed by atoms with Gasteiger partial charge in [0.25, 0.3) is 0 Å². The molecule has 2 bridgehead atoms. The second-order valence-corrected chi connectivity index (χ2v) is 11.7. The number of nitrogens with zero attached hydrogens (tertiary/aromatic N) is 2. The van der Waals surface area contributed by atoms with Crippen LogP contribution in [-0.4, -0.2) is 76.0 Å². The number of aliphatic hydroxyl groups excluding tert-OH is 1. The molecule has 5 rings (SSSR count). The summed E-state index contributed by atoms with van der Waals surface area (Å²) in [6, 6.07) is 15.0. The number of carbonyl (C=O) groups excluding carboxylic acids is 3. The molecule has 0 aliphatic carbocycles. The number of anilines is 3. The second kappa shape index (κ2) is 10.9. The van der Waals surface area contributed by atoms with Crippen LogP contribution in [0.25, 0.3) is 0 Å². The fourth-order valence-electron chi connectivity index (χ4n) is 6.53. The van der Waals surface area contributed by atoms with Gasteiger partial charge in [-0.3, -0.25) is 14.4 Å². The lowest BCUT2D eigenvalue weighted by Gasteiger charge is -2.35. The lowest BCUT2D eigenvalue weighted by Crippen LogP contribution is -2.56. The molecule has 0 saturated carbocycles. The van der Waals surface area contributed by atoms with Gasteiger partial charge in [-0.1, -0.05) is 34.1 Å². The number of amides is 3. The number of alkyl halides is 1. The van der Waals surface area contributed by atoms with Gasteiger partial charge in [0.15, 0.2) is 0 Å². The van der Waals surface area contributed by atoms with Gasteiger partial charge in [0.2, 0.25) is 17.7 Å². The second-order valence-electron chi connectivity index (χ2n) is 10.5. The highest BCUT2D eigenvalue weighted by atomic mass is 79.9. The minimum atomic E-state index is -1.19. The number of carbonyl (C=O) groups is 3. The zero-order valence-corrected chi connectivity index (χ0v) is 23.9. The van der Waals surface area contributed by atoms with Crippen LogP contribution < -0.4 is 15.5 Å². The number of benzene rings is 2. The van der Waals surface area contributed by atoms with Crippen LogP contribution in [0, 0.1) is 11.8 Å². The molecule has 39 heavy (non-hydrogen) atoms. The average molecular weight is 600 g/mol. The van der Waals surface area contributed by atoms with Gasteiger partial charge >= 0.3 is 0 Å². The molecule has 3 N–H and O–H groups in total. The largest absolute Gasteiger partial charge is 0.394 e. The minimum Gasteiger partial charge on any atom is -0.394 e. The molecule has 1 spiro atoms. The molecule has 0 aromatic heterocycles. The van der Waals surface area contributed by atoms with E-state index in [0.29, 0.717) is 17.8 Å². The maximum absolute atomic E-state index is 14.0. The third-order valence-electron chi connectivity index (χ3n) is 8.32. The Bertz CT molecular complexity index is 1220. The average Bonchev–Trinajstić information content (AvgIpc) is 3.53. The van der Waals surface area contributed by atoms with Gasteiger partial charge in [0.1, 0.15) is 11.6 Å². The molecule has 2 aromatic carbocycles. The zero-order chi connectivity index (χ0) is 27.9. The lowest BCUT2D eigenvalue weighted by molar-refractivity contribution is -0.142. The Kier molecular flexibility index (Phi) is 7.72. The van der Waals surface area contributed by atoms with Crippen molar-refractivity contribution in [1.29, 1.82) is 0 Å². The van der Waals surface area contributed by atoms with Gasteiger partial charge in [0.05, 0.1) is 30.6 Å². The summed E-state index contributed by atoms with van der Waals surface area (Å²) in [7, 11) is 0. The van der Waals surface area contributed by atoms with Crippen LogP contribution in [0.5, 0.6) is 0 Å². The molecule has 0 radical (unpaired) electrons. The highest BCUT2D eigenvalue weighted by Crippen LogP contribution is 2.60. The van der Waals surface area contributed by atoms with Gasteiger partial charge in [-0.05, 0) is 63.6 Å². The van der Waals surface area contributed by atoms with Gasteiger partial charge < -0.3 is 30.3 Å². The van der Waals surface area contributed by atoms with Crippen molar-refractivity contribution in [2.75, 3.05) is 35.2 Å². The van der Waals surface area contributed by atoms with Crippen molar-refractivity contribution in [2.45, 2.75) is 55.8 Å². The quantitative estimate of drug-likeness (QED) is 0.382. The number of hydrogen-bond donors (Lipinski definition) is 3. The van der Waals surface area contributed by atoms with E-state index in [9.17, 15) is 19.5 Å². The Labute approximate surface area is 237 Å². The van der Waals surface area contributed by atoms with Gasteiger partial charge in [-0.2, -0.15) is 0 Å². The molecule has 3 heterocycles. The van der Waals surface area contributed by atoms with E-state index in [1.165, 1.54) is 4.90 Å². The predicted molar refractivity (Wildman–Crippen MR) is 153 cm³/mol. The van der Waals surface area contributed by atoms with E-state index in [-0.39, 0.29) is 23.2 Å². The molecular weight excluding hydrogens is 564 g/mol. The molecule has 3 amide bonds. The first kappa shape index (κ1) is 27.6. The first-order valence-electron chi connectivity index (χ1n) is 13.5. The van der Waals surface area contributed by atoms with Crippen molar-refractivity contribution in [3.8, 4) is 0 Å². The molecular formula is C29H35BrN4O5. The summed E-state index contributed by atoms with van der Waals surface area (Å²) in [5.74, 6) is -2.68. The van der Waals surface area contributed by atoms with Gasteiger partial charge in [0, 0.05) is 35.0 Å². The molecule has 208 valence electrons. The summed E-state index contributed by atoms with van der Waals surface area (Å²) in [4.78, 5) is 44.9. The molecule has 7 atom stereocenters. The predicted octanol–water partition coefficient (Wildman–Crippen LogP) is 3.24. The van der Waals surface area contributed by atoms with E-state index in [1.54, 1.807) is 19.1 Å². The topological polar surface area (TPSA) is 111 Å². The highest BCUT2D eigenvalue weighted by Gasteiger charge is 2.76. The Morgan fingerprint density at radius 3 is 2.31 bits per heavy atom. The molecule has 2 aromatic rings. The number of para-hydroxylation sites is 1. The number of fused-ring (bicyclic) bond motifs is 1. The number of rotatable bonds is 9. The maximum Gasteiger partial charge on any atom is 0.250 e. The molecule has 3 aliphatic rings. The van der Waals surface area contributed by atoms with Gasteiger partial charge in [-0.25, -0.2) is 0 Å². The molecule has 3 unspecified atom stereocenters. The summed E-state index contributed by atoms with van der Waals surface area (Å²) >= 11 is 3.67. The smallest absolute Gasteiger partial charge is 0.250 e. The van der Waals surface area contributed by atoms with E-state index in [0.717, 1.165) is 18.8 Å². The van der Waals surface area contributed by atoms with E-state index in [1.807, 2.05) is 42.5 Å². The van der Waals surface area contributed by atoms with Crippen LogP contribution in [0.15, 0.2) is 54.6 Å². The number of hydrogen-bond acceptors (Lipinski definition) is 6. The third-order valence-corrected chi connectivity index (χ3v) is 9.17. The Balaban J connectivity index is 1.45. The Morgan fingerprint density at radius 1 is 1.08 bits per heavy atom. The number of ether oxygens (including phenoxy) is 1. The van der Waals surface area contributed by atoms with Crippen molar-refractivity contribution < 1.29 is 24.2 Å². The van der Waals surface area contributed by atoms with E-state index < -0.39 is 41.5 Å². The summed E-state index contributed by atoms with van der Waals surface area (Å²) < 4.78 is 6.49. The fraction of sp³-hybridized carbons (Fsp3) is 0.483. The minimum absolute atomic E-state index is 0.207. The number of likely N-dealkylation sites (tertiary alicyclic amines) is 1. The van der Waals surface area contributed by atoms with Crippen LogP contribution in [0.2, 0.25) is 0 Å². The highest BCUT2D eigenvalue weighted by molar-refractivity contribution is 9.09. The van der Waals surface area contributed by atoms with Crippen molar-refractivity contribution in [3.63, 3.8) is 0 Å². The zero-order valence-electron chi connectivity index (χ0n) is 22.3. The SMILES string of the molecule is CCN(CC)c1ccc(NC(=O)C2N([C@H](C)CO)C(=O)[C@@H]3[C@@H](C(=O)Nc4ccccc4)[C@@H]4OC23CC4Br)cc1. The maximum atomic E-state index is 14.0. The Morgan fingerprint density at radius 2 is 1.69 bits per heavy atom. The molecule has 9 nitrogen and oxygen atoms in total. The standard InChI is InChI=1S/C29H35BrN4O5/c1-4-33(5-2)20-13-11-19(12-14-20)32-27(37)25-29-15-21(30)24(39-29)22(23(29)28(38)34(25)17(3)16-35)26(36)31-18-9-7-6-8-10-18/h6-14,17,21-25,35H,4-5,15-16H2,1-3H3,(H,31,36)(H,32,37)/t17-,21?,22-,23+,24-,25?,29?/m1/s1. The number of halogens is 1. The van der Waals surface area contributed by atoms with Gasteiger partial charge in [-0.15, -0.1) is 0 Å². The van der Waals surface area contributed by atoms with E-state index in [2.05, 4.69) is 45.3 Å². The van der Waals surface area contributed by atoms with Crippen molar-refractivity contribution in [3.05, 3.63) is 54.6 Å². The van der Waals surface area contributed by atoms with Crippen LogP contribution >= 0.6 is 15.9 Å². The molecule has 10 heteroatoms. The number of aliphatic hydroxyl groups is 1. The van der Waals surface area contributed by atoms with E-state index >= 15 is 0 Å². The lowest BCUT2D eigenvalue weighted by atomic mass is 9.70. The monoisotopic (exact) mass is 598 g/mol. The fourth-order valence-corrected chi connectivity index (χ4v) is 7.47. The normalized spacial score (nSPS) is 29.7. The van der Waals surface area contributed by atoms with Crippen LogP contribution in [0.1, 0.15) is 27.2 Å². The Hall–Kier alpha value is -2.95. The first-order chi connectivity index (χ1) is 18.7.